The van der Waals surface area contributed by atoms with Crippen molar-refractivity contribution in [1.29, 1.82) is 0 Å². The van der Waals surface area contributed by atoms with Gasteiger partial charge in [-0.2, -0.15) is 0 Å². The average molecular weight is 371 g/mol. The van der Waals surface area contributed by atoms with Gasteiger partial charge in [-0.3, -0.25) is 9.59 Å². The van der Waals surface area contributed by atoms with E-state index in [1.54, 1.807) is 6.07 Å². The smallest absolute Gasteiger partial charge is 0.224 e. The Morgan fingerprint density at radius 3 is 2.67 bits per heavy atom. The summed E-state index contributed by atoms with van der Waals surface area (Å²) >= 11 is 0. The number of ketones is 1. The summed E-state index contributed by atoms with van der Waals surface area (Å²) in [7, 11) is 0. The molecule has 0 radical (unpaired) electrons. The molecule has 1 N–H and O–H groups in total. The molecule has 0 unspecified atom stereocenters. The van der Waals surface area contributed by atoms with Gasteiger partial charge in [0.2, 0.25) is 5.91 Å². The van der Waals surface area contributed by atoms with Crippen molar-refractivity contribution >= 4 is 17.4 Å². The van der Waals surface area contributed by atoms with Gasteiger partial charge in [0.25, 0.3) is 0 Å². The molecule has 1 atom stereocenters. The predicted octanol–water partition coefficient (Wildman–Crippen LogP) is 4.15. The monoisotopic (exact) mass is 371 g/mol. The summed E-state index contributed by atoms with van der Waals surface area (Å²) in [5.74, 6) is 0.426. The fourth-order valence-electron chi connectivity index (χ4n) is 3.03. The summed E-state index contributed by atoms with van der Waals surface area (Å²) in [6, 6.07) is 8.95. The summed E-state index contributed by atoms with van der Waals surface area (Å²) in [5, 5.41) is 2.80. The van der Waals surface area contributed by atoms with Crippen LogP contribution < -0.4 is 14.8 Å². The van der Waals surface area contributed by atoms with Gasteiger partial charge in [0.1, 0.15) is 23.4 Å². The molecule has 3 rings (SSSR count). The van der Waals surface area contributed by atoms with E-state index in [-0.39, 0.29) is 30.6 Å². The molecule has 1 heterocycles. The minimum atomic E-state index is -0.402. The van der Waals surface area contributed by atoms with Crippen molar-refractivity contribution in [3.8, 4) is 11.5 Å². The first-order chi connectivity index (χ1) is 13.0. The summed E-state index contributed by atoms with van der Waals surface area (Å²) < 4.78 is 24.3. The fourth-order valence-corrected chi connectivity index (χ4v) is 3.03. The number of amides is 1. The molecule has 6 heteroatoms. The van der Waals surface area contributed by atoms with E-state index in [0.717, 1.165) is 17.7 Å². The van der Waals surface area contributed by atoms with E-state index in [0.29, 0.717) is 23.6 Å². The van der Waals surface area contributed by atoms with Crippen LogP contribution in [0.2, 0.25) is 0 Å². The Balaban J connectivity index is 1.64. The number of hydrogen-bond donors (Lipinski definition) is 1. The van der Waals surface area contributed by atoms with Gasteiger partial charge in [0, 0.05) is 36.5 Å². The lowest BCUT2D eigenvalue weighted by Crippen LogP contribution is -2.14. The number of Topliss-reactive ketones (excluding diaryl/α,β-unsaturated/α-hetero) is 1. The highest BCUT2D eigenvalue weighted by atomic mass is 19.1. The molecule has 5 nitrogen and oxygen atoms in total. The molecule has 0 saturated carbocycles. The van der Waals surface area contributed by atoms with Crippen molar-refractivity contribution in [1.82, 2.24) is 0 Å². The van der Waals surface area contributed by atoms with Gasteiger partial charge in [0.15, 0.2) is 5.78 Å². The van der Waals surface area contributed by atoms with E-state index in [1.807, 2.05) is 19.9 Å². The maximum Gasteiger partial charge on any atom is 0.224 e. The molecule has 1 aliphatic rings. The number of carbonyl (C=O) groups is 2. The lowest BCUT2D eigenvalue weighted by molar-refractivity contribution is -0.116. The Morgan fingerprint density at radius 2 is 1.96 bits per heavy atom. The number of nitrogens with one attached hydrogen (secondary N) is 1. The van der Waals surface area contributed by atoms with Gasteiger partial charge >= 0.3 is 0 Å². The van der Waals surface area contributed by atoms with Crippen LogP contribution in [0.3, 0.4) is 0 Å². The second kappa shape index (κ2) is 8.20. The first kappa shape index (κ1) is 18.9. The third kappa shape index (κ3) is 4.64. The number of rotatable bonds is 7. The van der Waals surface area contributed by atoms with Crippen molar-refractivity contribution in [2.75, 3.05) is 11.9 Å². The summed E-state index contributed by atoms with van der Waals surface area (Å²) in [5.41, 5.74) is 1.97. The van der Waals surface area contributed by atoms with Crippen molar-refractivity contribution < 1.29 is 23.5 Å². The molecule has 0 spiro atoms. The molecule has 142 valence electrons. The van der Waals surface area contributed by atoms with E-state index < -0.39 is 5.82 Å². The van der Waals surface area contributed by atoms with Crippen LogP contribution in [0.25, 0.3) is 0 Å². The second-order valence-electron chi connectivity index (χ2n) is 6.50. The first-order valence-corrected chi connectivity index (χ1v) is 9.01. The van der Waals surface area contributed by atoms with Gasteiger partial charge in [-0.05, 0) is 44.2 Å². The van der Waals surface area contributed by atoms with E-state index in [4.69, 9.17) is 9.47 Å². The number of hydrogen-bond acceptors (Lipinski definition) is 4. The second-order valence-corrected chi connectivity index (χ2v) is 6.50. The van der Waals surface area contributed by atoms with Crippen LogP contribution >= 0.6 is 0 Å². The molecular weight excluding hydrogens is 349 g/mol. The SMILES string of the molecule is CCOc1cc2c(cc1NC(=O)CCC(=O)c1ccc(F)cc1)O[C@H](C)C2. The van der Waals surface area contributed by atoms with Crippen molar-refractivity contribution in [2.24, 2.45) is 0 Å². The molecule has 0 fully saturated rings. The first-order valence-electron chi connectivity index (χ1n) is 9.01. The topological polar surface area (TPSA) is 64.6 Å². The lowest BCUT2D eigenvalue weighted by Gasteiger charge is -2.13. The normalized spacial score (nSPS) is 15.0. The zero-order valence-corrected chi connectivity index (χ0v) is 15.4. The largest absolute Gasteiger partial charge is 0.492 e. The number of halogens is 1. The van der Waals surface area contributed by atoms with Gasteiger partial charge in [0.05, 0.1) is 12.3 Å². The molecule has 2 aromatic carbocycles. The van der Waals surface area contributed by atoms with Crippen molar-refractivity contribution in [3.63, 3.8) is 0 Å². The van der Waals surface area contributed by atoms with Crippen LogP contribution in [-0.2, 0) is 11.2 Å². The Morgan fingerprint density at radius 1 is 1.22 bits per heavy atom. The number of carbonyl (C=O) groups excluding carboxylic acids is 2. The average Bonchev–Trinajstić information content (AvgIpc) is 2.99. The van der Waals surface area contributed by atoms with Crippen LogP contribution in [0, 0.1) is 5.82 Å². The predicted molar refractivity (Wildman–Crippen MR) is 100.0 cm³/mol. The third-order valence-corrected chi connectivity index (χ3v) is 4.32. The molecule has 1 amide bonds. The minimum Gasteiger partial charge on any atom is -0.492 e. The fraction of sp³-hybridized carbons (Fsp3) is 0.333. The number of anilines is 1. The van der Waals surface area contributed by atoms with Crippen LogP contribution in [0.5, 0.6) is 11.5 Å². The van der Waals surface area contributed by atoms with E-state index in [1.165, 1.54) is 24.3 Å². The maximum absolute atomic E-state index is 12.9. The Labute approximate surface area is 157 Å². The minimum absolute atomic E-state index is 0.0239. The highest BCUT2D eigenvalue weighted by molar-refractivity contribution is 6.00. The van der Waals surface area contributed by atoms with Crippen LogP contribution in [0.15, 0.2) is 36.4 Å². The zero-order chi connectivity index (χ0) is 19.4. The summed E-state index contributed by atoms with van der Waals surface area (Å²) in [6.07, 6.45) is 0.958. The molecule has 0 saturated heterocycles. The molecule has 0 bridgehead atoms. The lowest BCUT2D eigenvalue weighted by atomic mass is 10.1. The molecule has 2 aromatic rings. The summed E-state index contributed by atoms with van der Waals surface area (Å²) in [6.45, 7) is 4.33. The Bertz CT molecular complexity index is 848. The third-order valence-electron chi connectivity index (χ3n) is 4.32. The standard InChI is InChI=1S/C21H22FNO4/c1-3-26-20-11-15-10-13(2)27-19(15)12-17(20)23-21(25)9-8-18(24)14-4-6-16(22)7-5-14/h4-7,11-13H,3,8-10H2,1-2H3,(H,23,25)/t13-/m1/s1. The highest BCUT2D eigenvalue weighted by Crippen LogP contribution is 2.38. The molecule has 0 aromatic heterocycles. The van der Waals surface area contributed by atoms with Crippen LogP contribution in [-0.4, -0.2) is 24.4 Å². The maximum atomic E-state index is 12.9. The summed E-state index contributed by atoms with van der Waals surface area (Å²) in [4.78, 5) is 24.4. The highest BCUT2D eigenvalue weighted by Gasteiger charge is 2.22. The molecule has 27 heavy (non-hydrogen) atoms. The van der Waals surface area contributed by atoms with E-state index in [9.17, 15) is 14.0 Å². The quantitative estimate of drug-likeness (QED) is 0.743. The van der Waals surface area contributed by atoms with Crippen LogP contribution in [0.4, 0.5) is 10.1 Å². The van der Waals surface area contributed by atoms with Crippen LogP contribution in [0.1, 0.15) is 42.6 Å². The number of benzene rings is 2. The van der Waals surface area contributed by atoms with E-state index >= 15 is 0 Å². The molecule has 0 aliphatic carbocycles. The molecule has 1 aliphatic heterocycles. The van der Waals surface area contributed by atoms with Gasteiger partial charge in [-0.25, -0.2) is 4.39 Å². The Kier molecular flexibility index (Phi) is 5.74. The van der Waals surface area contributed by atoms with Gasteiger partial charge in [-0.15, -0.1) is 0 Å². The number of fused-ring (bicyclic) bond motifs is 1. The number of ether oxygens (including phenoxy) is 2. The van der Waals surface area contributed by atoms with Crippen molar-refractivity contribution in [2.45, 2.75) is 39.2 Å². The zero-order valence-electron chi connectivity index (χ0n) is 15.4. The Hall–Kier alpha value is -2.89. The molecular formula is C21H22FNO4. The van der Waals surface area contributed by atoms with Gasteiger partial charge in [-0.1, -0.05) is 0 Å². The van der Waals surface area contributed by atoms with Gasteiger partial charge < -0.3 is 14.8 Å². The van der Waals surface area contributed by atoms with Crippen molar-refractivity contribution in [3.05, 3.63) is 53.3 Å². The van der Waals surface area contributed by atoms with E-state index in [2.05, 4.69) is 5.32 Å².